The summed E-state index contributed by atoms with van der Waals surface area (Å²) in [7, 11) is 0. The van der Waals surface area contributed by atoms with Crippen LogP contribution in [-0.4, -0.2) is 21.3 Å². The van der Waals surface area contributed by atoms with E-state index in [1.165, 1.54) is 25.2 Å². The predicted octanol–water partition coefficient (Wildman–Crippen LogP) is 4.90. The molecule has 0 bridgehead atoms. The Bertz CT molecular complexity index is 969. The van der Waals surface area contributed by atoms with Crippen LogP contribution >= 0.6 is 11.8 Å². The molecule has 1 fully saturated rings. The van der Waals surface area contributed by atoms with E-state index < -0.39 is 0 Å². The summed E-state index contributed by atoms with van der Waals surface area (Å²) in [6, 6.07) is 13.5. The maximum atomic E-state index is 14.9. The molecule has 3 aromatic rings. The van der Waals surface area contributed by atoms with Gasteiger partial charge in [0.05, 0.1) is 0 Å². The van der Waals surface area contributed by atoms with Gasteiger partial charge >= 0.3 is 0 Å². The first-order valence-electron chi connectivity index (χ1n) is 9.46. The van der Waals surface area contributed by atoms with Crippen molar-refractivity contribution in [1.29, 1.82) is 0 Å². The summed E-state index contributed by atoms with van der Waals surface area (Å²) in [5.41, 5.74) is 14.6. The molecule has 0 radical (unpaired) electrons. The SMILES string of the molecule is NCC1(Sc2ccccc2-c2ccc(-c3cnc(N)nc3)c(F)c2)CCCC1. The minimum atomic E-state index is -0.305. The summed E-state index contributed by atoms with van der Waals surface area (Å²) in [6.07, 6.45) is 7.78. The lowest BCUT2D eigenvalue weighted by Crippen LogP contribution is -2.30. The monoisotopic (exact) mass is 394 g/mol. The van der Waals surface area contributed by atoms with Gasteiger partial charge in [-0.1, -0.05) is 43.2 Å². The number of rotatable bonds is 5. The highest BCUT2D eigenvalue weighted by atomic mass is 32.2. The molecule has 28 heavy (non-hydrogen) atoms. The first kappa shape index (κ1) is 18.9. The van der Waals surface area contributed by atoms with E-state index in [0.29, 0.717) is 17.7 Å². The average Bonchev–Trinajstić information content (AvgIpc) is 3.18. The van der Waals surface area contributed by atoms with Gasteiger partial charge in [0.15, 0.2) is 0 Å². The Kier molecular flexibility index (Phi) is 5.33. The lowest BCUT2D eigenvalue weighted by molar-refractivity contribution is 0.619. The smallest absolute Gasteiger partial charge is 0.219 e. The molecule has 1 aromatic heterocycles. The molecule has 0 amide bonds. The number of nitrogens with two attached hydrogens (primary N) is 2. The minimum absolute atomic E-state index is 0.0932. The van der Waals surface area contributed by atoms with Crippen LogP contribution < -0.4 is 11.5 Å². The maximum Gasteiger partial charge on any atom is 0.219 e. The maximum absolute atomic E-state index is 14.9. The van der Waals surface area contributed by atoms with Crippen molar-refractivity contribution in [3.8, 4) is 22.3 Å². The molecular formula is C22H23FN4S. The summed E-state index contributed by atoms with van der Waals surface area (Å²) in [5.74, 6) is -0.132. The predicted molar refractivity (Wildman–Crippen MR) is 113 cm³/mol. The number of anilines is 1. The van der Waals surface area contributed by atoms with Crippen molar-refractivity contribution in [2.45, 2.75) is 35.3 Å². The van der Waals surface area contributed by atoms with Gasteiger partial charge in [0.25, 0.3) is 0 Å². The molecule has 0 unspecified atom stereocenters. The molecule has 0 aliphatic heterocycles. The van der Waals surface area contributed by atoms with Gasteiger partial charge in [-0.15, -0.1) is 11.8 Å². The van der Waals surface area contributed by atoms with Gasteiger partial charge in [-0.3, -0.25) is 0 Å². The molecular weight excluding hydrogens is 371 g/mol. The Morgan fingerprint density at radius 3 is 2.36 bits per heavy atom. The summed E-state index contributed by atoms with van der Waals surface area (Å²) >= 11 is 1.85. The molecule has 144 valence electrons. The molecule has 1 aliphatic carbocycles. The third-order valence-electron chi connectivity index (χ3n) is 5.36. The van der Waals surface area contributed by atoms with Crippen molar-refractivity contribution in [2.75, 3.05) is 12.3 Å². The molecule has 1 saturated carbocycles. The van der Waals surface area contributed by atoms with Gasteiger partial charge in [-0.05, 0) is 36.1 Å². The normalized spacial score (nSPS) is 15.6. The van der Waals surface area contributed by atoms with Crippen LogP contribution in [0.2, 0.25) is 0 Å². The van der Waals surface area contributed by atoms with Gasteiger partial charge in [0.2, 0.25) is 5.95 Å². The number of hydrogen-bond acceptors (Lipinski definition) is 5. The van der Waals surface area contributed by atoms with Crippen LogP contribution in [0.15, 0.2) is 59.8 Å². The van der Waals surface area contributed by atoms with E-state index in [1.54, 1.807) is 12.1 Å². The summed E-state index contributed by atoms with van der Waals surface area (Å²) in [4.78, 5) is 9.05. The van der Waals surface area contributed by atoms with Crippen molar-refractivity contribution >= 4 is 17.7 Å². The van der Waals surface area contributed by atoms with Crippen molar-refractivity contribution < 1.29 is 4.39 Å². The van der Waals surface area contributed by atoms with Crippen LogP contribution in [-0.2, 0) is 0 Å². The van der Waals surface area contributed by atoms with Crippen LogP contribution in [0.25, 0.3) is 22.3 Å². The van der Waals surface area contributed by atoms with E-state index in [0.717, 1.165) is 28.9 Å². The third kappa shape index (κ3) is 3.75. The molecule has 0 spiro atoms. The van der Waals surface area contributed by atoms with Gasteiger partial charge in [-0.2, -0.15) is 0 Å². The zero-order valence-electron chi connectivity index (χ0n) is 15.6. The van der Waals surface area contributed by atoms with Crippen molar-refractivity contribution in [1.82, 2.24) is 9.97 Å². The summed E-state index contributed by atoms with van der Waals surface area (Å²) < 4.78 is 15.0. The van der Waals surface area contributed by atoms with Crippen LogP contribution in [0, 0.1) is 5.82 Å². The van der Waals surface area contributed by atoms with Gasteiger partial charge in [0, 0.05) is 39.7 Å². The Balaban J connectivity index is 1.68. The Morgan fingerprint density at radius 2 is 1.68 bits per heavy atom. The summed E-state index contributed by atoms with van der Waals surface area (Å²) in [5, 5.41) is 0. The first-order chi connectivity index (χ1) is 13.6. The number of nitrogen functional groups attached to an aromatic ring is 1. The van der Waals surface area contributed by atoms with E-state index >= 15 is 0 Å². The lowest BCUT2D eigenvalue weighted by Gasteiger charge is -2.27. The zero-order chi connectivity index (χ0) is 19.6. The van der Waals surface area contributed by atoms with E-state index in [1.807, 2.05) is 36.0 Å². The number of aromatic nitrogens is 2. The van der Waals surface area contributed by atoms with Gasteiger partial charge < -0.3 is 11.5 Å². The standard InChI is InChI=1S/C22H23FN4S/c23-19-11-15(7-8-17(19)16-12-26-21(25)27-13-16)18-5-1-2-6-20(18)28-22(14-24)9-3-4-10-22/h1-2,5-8,11-13H,3-4,9-10,14,24H2,(H2,25,26,27). The van der Waals surface area contributed by atoms with Crippen LogP contribution in [0.4, 0.5) is 10.3 Å². The second-order valence-corrected chi connectivity index (χ2v) is 8.73. The molecule has 4 rings (SSSR count). The number of nitrogens with zero attached hydrogens (tertiary/aromatic N) is 2. The number of hydrogen-bond donors (Lipinski definition) is 2. The number of halogens is 1. The van der Waals surface area contributed by atoms with Gasteiger partial charge in [0.1, 0.15) is 5.82 Å². The van der Waals surface area contributed by atoms with Crippen molar-refractivity contribution in [3.05, 3.63) is 60.7 Å². The highest BCUT2D eigenvalue weighted by Gasteiger charge is 2.34. The molecule has 0 atom stereocenters. The topological polar surface area (TPSA) is 77.8 Å². The average molecular weight is 395 g/mol. The number of thioether (sulfide) groups is 1. The lowest BCUT2D eigenvalue weighted by atomic mass is 10.0. The second kappa shape index (κ2) is 7.89. The zero-order valence-corrected chi connectivity index (χ0v) is 16.4. The second-order valence-electron chi connectivity index (χ2n) is 7.22. The fourth-order valence-electron chi connectivity index (χ4n) is 3.79. The van der Waals surface area contributed by atoms with E-state index in [2.05, 4.69) is 16.0 Å². The largest absolute Gasteiger partial charge is 0.368 e. The third-order valence-corrected chi connectivity index (χ3v) is 6.95. The Labute approximate surface area is 168 Å². The van der Waals surface area contributed by atoms with E-state index in [-0.39, 0.29) is 16.5 Å². The van der Waals surface area contributed by atoms with Crippen LogP contribution in [0.1, 0.15) is 25.7 Å². The van der Waals surface area contributed by atoms with Gasteiger partial charge in [-0.25, -0.2) is 14.4 Å². The fourth-order valence-corrected chi connectivity index (χ4v) is 5.27. The Hall–Kier alpha value is -2.44. The van der Waals surface area contributed by atoms with Crippen LogP contribution in [0.3, 0.4) is 0 Å². The molecule has 2 aromatic carbocycles. The molecule has 1 heterocycles. The molecule has 6 heteroatoms. The van der Waals surface area contributed by atoms with E-state index in [4.69, 9.17) is 11.5 Å². The first-order valence-corrected chi connectivity index (χ1v) is 10.3. The highest BCUT2D eigenvalue weighted by Crippen LogP contribution is 2.47. The van der Waals surface area contributed by atoms with Crippen molar-refractivity contribution in [2.24, 2.45) is 5.73 Å². The molecule has 4 nitrogen and oxygen atoms in total. The summed E-state index contributed by atoms with van der Waals surface area (Å²) in [6.45, 7) is 0.663. The number of benzene rings is 2. The quantitative estimate of drug-likeness (QED) is 0.644. The molecule has 4 N–H and O–H groups in total. The molecule has 0 saturated heterocycles. The minimum Gasteiger partial charge on any atom is -0.368 e. The molecule has 1 aliphatic rings. The van der Waals surface area contributed by atoms with Crippen LogP contribution in [0.5, 0.6) is 0 Å². The highest BCUT2D eigenvalue weighted by molar-refractivity contribution is 8.00. The fraction of sp³-hybridized carbons (Fsp3) is 0.273. The van der Waals surface area contributed by atoms with E-state index in [9.17, 15) is 4.39 Å². The van der Waals surface area contributed by atoms with Crippen molar-refractivity contribution in [3.63, 3.8) is 0 Å². The Morgan fingerprint density at radius 1 is 0.964 bits per heavy atom.